The van der Waals surface area contributed by atoms with Gasteiger partial charge in [0.2, 0.25) is 0 Å². The fourth-order valence-corrected chi connectivity index (χ4v) is 3.99. The van der Waals surface area contributed by atoms with E-state index in [4.69, 9.17) is 5.26 Å². The van der Waals surface area contributed by atoms with Crippen molar-refractivity contribution in [3.05, 3.63) is 53.6 Å². The summed E-state index contributed by atoms with van der Waals surface area (Å²) in [5, 5.41) is 25.0. The Labute approximate surface area is 212 Å². The summed E-state index contributed by atoms with van der Waals surface area (Å²) in [6.45, 7) is 2.02. The molecule has 0 saturated carbocycles. The highest BCUT2D eigenvalue weighted by atomic mass is 32.2. The third-order valence-corrected chi connectivity index (χ3v) is 6.49. The second-order valence-electron chi connectivity index (χ2n) is 8.22. The number of ether oxygens (including phenoxy) is 1. The Hall–Kier alpha value is -3.23. The zero-order valence-electron chi connectivity index (χ0n) is 19.9. The van der Waals surface area contributed by atoms with Crippen molar-refractivity contribution in [3.8, 4) is 6.07 Å². The maximum Gasteiger partial charge on any atom is 0.417 e. The molecule has 1 unspecified atom stereocenters. The van der Waals surface area contributed by atoms with E-state index in [0.29, 0.717) is 12.5 Å². The van der Waals surface area contributed by atoms with Crippen molar-refractivity contribution in [2.24, 2.45) is 0 Å². The molecule has 2 aromatic rings. The first kappa shape index (κ1) is 29.0. The van der Waals surface area contributed by atoms with Gasteiger partial charge in [-0.15, -0.1) is 11.8 Å². The van der Waals surface area contributed by atoms with E-state index in [0.717, 1.165) is 42.5 Å². The molecule has 0 saturated heterocycles. The zero-order chi connectivity index (χ0) is 26.8. The lowest BCUT2D eigenvalue weighted by molar-refractivity contribution is -0.141. The van der Waals surface area contributed by atoms with Gasteiger partial charge in [0.15, 0.2) is 0 Å². The van der Waals surface area contributed by atoms with Crippen LogP contribution in [0.25, 0.3) is 0 Å². The highest BCUT2D eigenvalue weighted by Gasteiger charge is 2.35. The average Bonchev–Trinajstić information content (AvgIpc) is 2.84. The normalized spacial score (nSPS) is 12.8. The number of unbranched alkanes of at least 4 members (excludes halogenated alkanes) is 2. The van der Waals surface area contributed by atoms with Crippen molar-refractivity contribution in [1.29, 1.82) is 5.26 Å². The van der Waals surface area contributed by atoms with Crippen LogP contribution in [0.2, 0.25) is 0 Å². The number of methoxy groups -OCH3 is 1. The largest absolute Gasteiger partial charge is 0.469 e. The highest BCUT2D eigenvalue weighted by molar-refractivity contribution is 7.99. The number of amides is 1. The van der Waals surface area contributed by atoms with Gasteiger partial charge in [-0.3, -0.25) is 9.59 Å². The van der Waals surface area contributed by atoms with Crippen LogP contribution in [0.4, 0.5) is 24.5 Å². The van der Waals surface area contributed by atoms with Crippen molar-refractivity contribution in [2.45, 2.75) is 49.3 Å². The Balaban J connectivity index is 1.84. The van der Waals surface area contributed by atoms with Gasteiger partial charge in [-0.1, -0.05) is 6.42 Å². The molecule has 7 nitrogen and oxygen atoms in total. The predicted octanol–water partition coefficient (Wildman–Crippen LogP) is 5.20. The summed E-state index contributed by atoms with van der Waals surface area (Å²) in [6, 6.07) is 11.7. The number of esters is 1. The van der Waals surface area contributed by atoms with Crippen LogP contribution in [0.3, 0.4) is 0 Å². The lowest BCUT2D eigenvalue weighted by Gasteiger charge is -2.22. The quantitative estimate of drug-likeness (QED) is 0.199. The molecule has 36 heavy (non-hydrogen) atoms. The molecule has 1 amide bonds. The Kier molecular flexibility index (Phi) is 10.6. The topological polar surface area (TPSA) is 111 Å². The van der Waals surface area contributed by atoms with Crippen LogP contribution in [-0.2, 0) is 20.5 Å². The number of nitrogens with zero attached hydrogens (tertiary/aromatic N) is 1. The molecule has 0 bridgehead atoms. The van der Waals surface area contributed by atoms with Crippen molar-refractivity contribution in [3.63, 3.8) is 0 Å². The monoisotopic (exact) mass is 523 g/mol. The molecule has 3 N–H and O–H groups in total. The Morgan fingerprint density at radius 3 is 2.36 bits per heavy atom. The second kappa shape index (κ2) is 13.2. The van der Waals surface area contributed by atoms with E-state index in [-0.39, 0.29) is 17.4 Å². The number of rotatable bonds is 12. The first-order chi connectivity index (χ1) is 17.0. The number of anilines is 2. The molecule has 1 atom stereocenters. The summed E-state index contributed by atoms with van der Waals surface area (Å²) in [6.07, 6.45) is -1.78. The van der Waals surface area contributed by atoms with Crippen molar-refractivity contribution >= 4 is 35.0 Å². The van der Waals surface area contributed by atoms with E-state index in [1.165, 1.54) is 37.9 Å². The molecule has 0 aromatic heterocycles. The van der Waals surface area contributed by atoms with E-state index in [2.05, 4.69) is 15.4 Å². The summed E-state index contributed by atoms with van der Waals surface area (Å²) in [7, 11) is 1.37. The van der Waals surface area contributed by atoms with Crippen LogP contribution in [0, 0.1) is 11.3 Å². The Morgan fingerprint density at radius 2 is 1.75 bits per heavy atom. The van der Waals surface area contributed by atoms with Gasteiger partial charge in [-0.25, -0.2) is 0 Å². The molecule has 0 radical (unpaired) electrons. The number of alkyl halides is 3. The van der Waals surface area contributed by atoms with Crippen molar-refractivity contribution in [2.75, 3.05) is 30.0 Å². The first-order valence-corrected chi connectivity index (χ1v) is 12.1. The van der Waals surface area contributed by atoms with E-state index >= 15 is 0 Å². The van der Waals surface area contributed by atoms with E-state index in [1.54, 1.807) is 0 Å². The van der Waals surface area contributed by atoms with Crippen molar-refractivity contribution < 1.29 is 32.6 Å². The van der Waals surface area contributed by atoms with E-state index in [1.807, 2.05) is 24.3 Å². The second-order valence-corrected chi connectivity index (χ2v) is 9.27. The molecule has 0 heterocycles. The Bertz CT molecular complexity index is 1080. The third-order valence-electron chi connectivity index (χ3n) is 5.18. The molecule has 194 valence electrons. The molecule has 11 heteroatoms. The fourth-order valence-electron chi connectivity index (χ4n) is 3.08. The summed E-state index contributed by atoms with van der Waals surface area (Å²) >= 11 is 1.22. The van der Waals surface area contributed by atoms with Gasteiger partial charge in [-0.2, -0.15) is 18.4 Å². The van der Waals surface area contributed by atoms with Crippen LogP contribution < -0.4 is 10.6 Å². The number of nitrogens with one attached hydrogen (secondary N) is 2. The van der Waals surface area contributed by atoms with Gasteiger partial charge in [0.05, 0.1) is 24.3 Å². The molecular weight excluding hydrogens is 495 g/mol. The van der Waals surface area contributed by atoms with Crippen LogP contribution >= 0.6 is 11.8 Å². The molecule has 0 aliphatic rings. The summed E-state index contributed by atoms with van der Waals surface area (Å²) in [4.78, 5) is 24.4. The van der Waals surface area contributed by atoms with Gasteiger partial charge in [-0.05, 0) is 62.2 Å². The minimum Gasteiger partial charge on any atom is -0.469 e. The predicted molar refractivity (Wildman–Crippen MR) is 132 cm³/mol. The van der Waals surface area contributed by atoms with Crippen LogP contribution in [-0.4, -0.2) is 42.0 Å². The first-order valence-electron chi connectivity index (χ1n) is 11.1. The number of benzene rings is 2. The Morgan fingerprint density at radius 1 is 1.08 bits per heavy atom. The smallest absolute Gasteiger partial charge is 0.417 e. The maximum atomic E-state index is 13.1. The van der Waals surface area contributed by atoms with Crippen LogP contribution in [0.1, 0.15) is 43.7 Å². The van der Waals surface area contributed by atoms with Crippen molar-refractivity contribution in [1.82, 2.24) is 0 Å². The fraction of sp³-hybridized carbons (Fsp3) is 0.400. The molecule has 2 rings (SSSR count). The molecule has 0 fully saturated rings. The number of thioether (sulfide) groups is 1. The van der Waals surface area contributed by atoms with Gasteiger partial charge >= 0.3 is 12.1 Å². The third kappa shape index (κ3) is 9.09. The van der Waals surface area contributed by atoms with Crippen LogP contribution in [0.5, 0.6) is 0 Å². The average molecular weight is 524 g/mol. The zero-order valence-corrected chi connectivity index (χ0v) is 20.8. The SMILES string of the molecule is COC(=O)CCCCCNc1ccc(SCC(C)(O)C(=O)Nc2ccc(C#N)c(C(F)(F)F)c2)cc1. The van der Waals surface area contributed by atoms with Gasteiger partial charge < -0.3 is 20.5 Å². The summed E-state index contributed by atoms with van der Waals surface area (Å²) in [5.74, 6) is -1.11. The lowest BCUT2D eigenvalue weighted by Crippen LogP contribution is -2.42. The number of aliphatic hydroxyl groups is 1. The van der Waals surface area contributed by atoms with Gasteiger partial charge in [0.1, 0.15) is 5.60 Å². The maximum absolute atomic E-state index is 13.1. The summed E-state index contributed by atoms with van der Waals surface area (Å²) < 4.78 is 44.0. The van der Waals surface area contributed by atoms with Gasteiger partial charge in [0.25, 0.3) is 5.91 Å². The lowest BCUT2D eigenvalue weighted by atomic mass is 10.1. The molecule has 0 aliphatic heterocycles. The van der Waals surface area contributed by atoms with E-state index < -0.39 is 28.8 Å². The molecule has 2 aromatic carbocycles. The minimum absolute atomic E-state index is 0.0335. The van der Waals surface area contributed by atoms with Gasteiger partial charge in [0, 0.05) is 35.0 Å². The molecular formula is C25H28F3N3O4S. The number of carbonyl (C=O) groups is 2. The summed E-state index contributed by atoms with van der Waals surface area (Å²) in [5.41, 5.74) is -2.85. The standard InChI is InChI=1S/C25H28F3N3O4S/c1-24(34,23(33)31-19-8-7-17(15-29)21(14-19)25(26,27)28)16-36-20-11-9-18(10-12-20)30-13-5-3-4-6-22(32)35-2/h7-12,14,30,34H,3-6,13,16H2,1-2H3,(H,31,33). The number of hydrogen-bond donors (Lipinski definition) is 3. The number of carbonyl (C=O) groups excluding carboxylic acids is 2. The minimum atomic E-state index is -4.75. The molecule has 0 spiro atoms. The van der Waals surface area contributed by atoms with E-state index in [9.17, 15) is 27.9 Å². The number of nitriles is 1. The number of hydrogen-bond acceptors (Lipinski definition) is 7. The highest BCUT2D eigenvalue weighted by Crippen LogP contribution is 2.34. The molecule has 0 aliphatic carbocycles. The number of halogens is 3. The van der Waals surface area contributed by atoms with Crippen LogP contribution in [0.15, 0.2) is 47.4 Å².